The Balaban J connectivity index is 0.00000128. The summed E-state index contributed by atoms with van der Waals surface area (Å²) in [6, 6.07) is 6.89. The highest BCUT2D eigenvalue weighted by Gasteiger charge is 2.05. The Morgan fingerprint density at radius 1 is 1.38 bits per heavy atom. The average molecular weight is 243 g/mol. The maximum absolute atomic E-state index is 12.9. The van der Waals surface area contributed by atoms with Gasteiger partial charge in [0, 0.05) is 29.1 Å². The van der Waals surface area contributed by atoms with Crippen molar-refractivity contribution in [3.8, 4) is 0 Å². The molecule has 1 unspecified atom stereocenters. The van der Waals surface area contributed by atoms with Crippen molar-refractivity contribution < 1.29 is 4.39 Å². The molecule has 2 aromatic rings. The van der Waals surface area contributed by atoms with Gasteiger partial charge in [0.05, 0.1) is 0 Å². The van der Waals surface area contributed by atoms with E-state index in [1.807, 2.05) is 6.07 Å². The van der Waals surface area contributed by atoms with E-state index in [0.717, 1.165) is 29.4 Å². The topological polar surface area (TPSA) is 41.8 Å². The maximum atomic E-state index is 12.9. The molecule has 4 heteroatoms. The number of hydrogen-bond acceptors (Lipinski definition) is 1. The Morgan fingerprint density at radius 2 is 2.12 bits per heavy atom. The molecule has 1 heterocycles. The van der Waals surface area contributed by atoms with E-state index in [9.17, 15) is 4.39 Å². The Morgan fingerprint density at radius 3 is 2.81 bits per heavy atom. The Kier molecular flexibility index (Phi) is 4.33. The van der Waals surface area contributed by atoms with Gasteiger partial charge in [-0.3, -0.25) is 0 Å². The van der Waals surface area contributed by atoms with Gasteiger partial charge in [0.25, 0.3) is 0 Å². The molecule has 1 aromatic heterocycles. The number of hydrogen-bond donors (Lipinski definition) is 2. The van der Waals surface area contributed by atoms with Gasteiger partial charge < -0.3 is 10.7 Å². The number of benzene rings is 1. The van der Waals surface area contributed by atoms with Crippen LogP contribution in [0.1, 0.15) is 19.0 Å². The highest BCUT2D eigenvalue weighted by molar-refractivity contribution is 5.85. The molecular weight excluding hydrogens is 227 g/mol. The van der Waals surface area contributed by atoms with Gasteiger partial charge in [-0.1, -0.05) is 6.92 Å². The van der Waals surface area contributed by atoms with Gasteiger partial charge >= 0.3 is 0 Å². The zero-order valence-electron chi connectivity index (χ0n) is 9.16. The van der Waals surface area contributed by atoms with E-state index >= 15 is 0 Å². The smallest absolute Gasteiger partial charge is 0.123 e. The van der Waals surface area contributed by atoms with Crippen LogP contribution in [0, 0.1) is 5.82 Å². The highest BCUT2D eigenvalue weighted by Crippen LogP contribution is 2.17. The minimum absolute atomic E-state index is 0. The summed E-state index contributed by atoms with van der Waals surface area (Å²) in [4.78, 5) is 3.24. The summed E-state index contributed by atoms with van der Waals surface area (Å²) in [7, 11) is 0. The van der Waals surface area contributed by atoms with Gasteiger partial charge in [-0.05, 0) is 30.7 Å². The molecule has 0 aliphatic rings. The van der Waals surface area contributed by atoms with E-state index in [1.165, 1.54) is 12.1 Å². The number of fused-ring (bicyclic) bond motifs is 1. The summed E-state index contributed by atoms with van der Waals surface area (Å²) in [6.07, 6.45) is 1.76. The first-order chi connectivity index (χ1) is 7.19. The van der Waals surface area contributed by atoms with Crippen molar-refractivity contribution in [1.29, 1.82) is 0 Å². The summed E-state index contributed by atoms with van der Waals surface area (Å²) in [5.74, 6) is -0.201. The Bertz CT molecular complexity index is 467. The van der Waals surface area contributed by atoms with Crippen molar-refractivity contribution in [2.45, 2.75) is 25.8 Å². The predicted octanol–water partition coefficient (Wildman–Crippen LogP) is 3.01. The molecular formula is C12H16ClFN2. The second kappa shape index (κ2) is 5.32. The third-order valence-corrected chi connectivity index (χ3v) is 2.65. The normalized spacial score (nSPS) is 12.4. The third-order valence-electron chi connectivity index (χ3n) is 2.65. The molecule has 0 saturated heterocycles. The van der Waals surface area contributed by atoms with E-state index in [2.05, 4.69) is 11.9 Å². The summed E-state index contributed by atoms with van der Waals surface area (Å²) >= 11 is 0. The van der Waals surface area contributed by atoms with Crippen LogP contribution in [-0.2, 0) is 6.42 Å². The lowest BCUT2D eigenvalue weighted by Crippen LogP contribution is -2.21. The molecule has 0 aliphatic heterocycles. The third kappa shape index (κ3) is 2.74. The van der Waals surface area contributed by atoms with E-state index in [4.69, 9.17) is 5.73 Å². The fourth-order valence-corrected chi connectivity index (χ4v) is 1.70. The van der Waals surface area contributed by atoms with Gasteiger partial charge in [-0.2, -0.15) is 0 Å². The van der Waals surface area contributed by atoms with Crippen molar-refractivity contribution >= 4 is 23.3 Å². The first kappa shape index (κ1) is 13.0. The molecule has 1 aromatic carbocycles. The second-order valence-electron chi connectivity index (χ2n) is 3.90. The van der Waals surface area contributed by atoms with Crippen LogP contribution in [0.15, 0.2) is 24.3 Å². The number of aromatic nitrogens is 1. The van der Waals surface area contributed by atoms with E-state index in [0.29, 0.717) is 0 Å². The summed E-state index contributed by atoms with van der Waals surface area (Å²) in [6.45, 7) is 2.06. The van der Waals surface area contributed by atoms with Crippen LogP contribution >= 0.6 is 12.4 Å². The van der Waals surface area contributed by atoms with Crippen molar-refractivity contribution in [3.63, 3.8) is 0 Å². The van der Waals surface area contributed by atoms with Crippen molar-refractivity contribution in [1.82, 2.24) is 4.98 Å². The van der Waals surface area contributed by atoms with Gasteiger partial charge in [0.2, 0.25) is 0 Å². The summed E-state index contributed by atoms with van der Waals surface area (Å²) in [5, 5.41) is 0.910. The average Bonchev–Trinajstić information content (AvgIpc) is 2.59. The Labute approximate surface area is 100 Å². The second-order valence-corrected chi connectivity index (χ2v) is 3.90. The molecule has 3 N–H and O–H groups in total. The summed E-state index contributed by atoms with van der Waals surface area (Å²) in [5.41, 5.74) is 7.90. The zero-order chi connectivity index (χ0) is 10.8. The fraction of sp³-hybridized carbons (Fsp3) is 0.333. The van der Waals surface area contributed by atoms with E-state index < -0.39 is 0 Å². The quantitative estimate of drug-likeness (QED) is 0.854. The van der Waals surface area contributed by atoms with Crippen molar-refractivity contribution in [2.24, 2.45) is 5.73 Å². The van der Waals surface area contributed by atoms with Crippen LogP contribution in [0.3, 0.4) is 0 Å². The number of nitrogens with two attached hydrogens (primary N) is 1. The highest BCUT2D eigenvalue weighted by atomic mass is 35.5. The fourth-order valence-electron chi connectivity index (χ4n) is 1.70. The molecule has 0 aliphatic carbocycles. The van der Waals surface area contributed by atoms with Crippen molar-refractivity contribution in [2.75, 3.05) is 0 Å². The molecule has 0 radical (unpaired) electrons. The number of nitrogens with one attached hydrogen (secondary N) is 1. The SMILES string of the molecule is CCC(N)Cc1cc2cc(F)ccc2[nH]1.Cl. The van der Waals surface area contributed by atoms with Crippen LogP contribution < -0.4 is 5.73 Å². The van der Waals surface area contributed by atoms with Crippen LogP contribution in [0.5, 0.6) is 0 Å². The lowest BCUT2D eigenvalue weighted by Gasteiger charge is -2.05. The minimum atomic E-state index is -0.201. The number of H-pyrrole nitrogens is 1. The lowest BCUT2D eigenvalue weighted by molar-refractivity contribution is 0.629. The molecule has 2 rings (SSSR count). The standard InChI is InChI=1S/C12H15FN2.ClH/c1-2-10(14)7-11-6-8-5-9(13)3-4-12(8)15-11;/h3-6,10,15H,2,7,14H2,1H3;1H. The predicted molar refractivity (Wildman–Crippen MR) is 67.5 cm³/mol. The molecule has 2 nitrogen and oxygen atoms in total. The van der Waals surface area contributed by atoms with Gasteiger partial charge in [-0.25, -0.2) is 4.39 Å². The molecule has 1 atom stereocenters. The number of halogens is 2. The molecule has 0 spiro atoms. The van der Waals surface area contributed by atoms with Crippen LogP contribution in [-0.4, -0.2) is 11.0 Å². The van der Waals surface area contributed by atoms with Crippen molar-refractivity contribution in [3.05, 3.63) is 35.8 Å². The van der Waals surface area contributed by atoms with Crippen LogP contribution in [0.4, 0.5) is 4.39 Å². The minimum Gasteiger partial charge on any atom is -0.358 e. The maximum Gasteiger partial charge on any atom is 0.123 e. The first-order valence-corrected chi connectivity index (χ1v) is 5.21. The largest absolute Gasteiger partial charge is 0.358 e. The molecule has 88 valence electrons. The number of rotatable bonds is 3. The lowest BCUT2D eigenvalue weighted by atomic mass is 10.1. The monoisotopic (exact) mass is 242 g/mol. The van der Waals surface area contributed by atoms with E-state index in [-0.39, 0.29) is 24.3 Å². The molecule has 0 fully saturated rings. The van der Waals surface area contributed by atoms with Crippen LogP contribution in [0.25, 0.3) is 10.9 Å². The molecule has 0 amide bonds. The molecule has 16 heavy (non-hydrogen) atoms. The molecule has 0 bridgehead atoms. The van der Waals surface area contributed by atoms with E-state index in [1.54, 1.807) is 6.07 Å². The summed E-state index contributed by atoms with van der Waals surface area (Å²) < 4.78 is 12.9. The van der Waals surface area contributed by atoms with Crippen LogP contribution in [0.2, 0.25) is 0 Å². The zero-order valence-corrected chi connectivity index (χ0v) is 9.98. The molecule has 0 saturated carbocycles. The first-order valence-electron chi connectivity index (χ1n) is 5.21. The van der Waals surface area contributed by atoms with Gasteiger partial charge in [-0.15, -0.1) is 12.4 Å². The Hall–Kier alpha value is -1.06. The van der Waals surface area contributed by atoms with Gasteiger partial charge in [0.1, 0.15) is 5.82 Å². The number of aromatic amines is 1. The van der Waals surface area contributed by atoms with Gasteiger partial charge in [0.15, 0.2) is 0 Å².